The number of methoxy groups -OCH3 is 2. The number of hydrogen-bond donors (Lipinski definition) is 0. The van der Waals surface area contributed by atoms with Gasteiger partial charge in [0.2, 0.25) is 0 Å². The monoisotopic (exact) mass is 472 g/mol. The Morgan fingerprint density at radius 2 is 1.68 bits per heavy atom. The molecule has 0 N–H and O–H groups in total. The number of rotatable bonds is 7. The average molecular weight is 472 g/mol. The van der Waals surface area contributed by atoms with Gasteiger partial charge < -0.3 is 33.2 Å². The molecule has 34 heavy (non-hydrogen) atoms. The fourth-order valence-corrected chi connectivity index (χ4v) is 4.07. The van der Waals surface area contributed by atoms with E-state index in [1.807, 2.05) is 30.3 Å². The number of ether oxygens (including phenoxy) is 7. The fourth-order valence-electron chi connectivity index (χ4n) is 4.07. The van der Waals surface area contributed by atoms with Crippen LogP contribution in [0.2, 0.25) is 0 Å². The van der Waals surface area contributed by atoms with Gasteiger partial charge in [-0.15, -0.1) is 0 Å². The van der Waals surface area contributed by atoms with E-state index in [2.05, 4.69) is 4.74 Å². The molecule has 0 bridgehead atoms. The molecule has 6 atom stereocenters. The van der Waals surface area contributed by atoms with Crippen molar-refractivity contribution in [2.24, 2.45) is 0 Å². The van der Waals surface area contributed by atoms with Crippen LogP contribution in [0.25, 0.3) is 0 Å². The summed E-state index contributed by atoms with van der Waals surface area (Å²) < 4.78 is 40.3. The lowest BCUT2D eigenvalue weighted by atomic mass is 9.95. The number of fused-ring (bicyclic) bond motifs is 1. The van der Waals surface area contributed by atoms with Gasteiger partial charge in [0, 0.05) is 12.7 Å². The molecule has 0 amide bonds. The number of benzene rings is 2. The zero-order chi connectivity index (χ0) is 24.1. The maximum Gasteiger partial charge on any atom is 0.338 e. The summed E-state index contributed by atoms with van der Waals surface area (Å²) in [4.78, 5) is 24.8. The summed E-state index contributed by atoms with van der Waals surface area (Å²) in [5.41, 5.74) is 1.16. The highest BCUT2D eigenvalue weighted by Gasteiger charge is 2.55. The van der Waals surface area contributed by atoms with Crippen molar-refractivity contribution in [1.82, 2.24) is 0 Å². The first-order valence-electron chi connectivity index (χ1n) is 10.9. The molecule has 4 rings (SSSR count). The van der Waals surface area contributed by atoms with E-state index in [1.54, 1.807) is 37.3 Å². The number of esters is 2. The molecule has 182 valence electrons. The van der Waals surface area contributed by atoms with Gasteiger partial charge in [0.25, 0.3) is 0 Å². The van der Waals surface area contributed by atoms with Crippen molar-refractivity contribution in [1.29, 1.82) is 0 Å². The van der Waals surface area contributed by atoms with Crippen LogP contribution in [0.3, 0.4) is 0 Å². The molecule has 0 unspecified atom stereocenters. The molecule has 0 aliphatic carbocycles. The Kier molecular flexibility index (Phi) is 7.60. The van der Waals surface area contributed by atoms with E-state index < -0.39 is 48.4 Å². The van der Waals surface area contributed by atoms with Gasteiger partial charge in [-0.3, -0.25) is 0 Å². The van der Waals surface area contributed by atoms with E-state index >= 15 is 0 Å². The largest absolute Gasteiger partial charge is 0.467 e. The number of hydrogen-bond acceptors (Lipinski definition) is 9. The molecule has 9 nitrogen and oxygen atoms in total. The summed E-state index contributed by atoms with van der Waals surface area (Å²) in [6.45, 7) is 1.58. The van der Waals surface area contributed by atoms with E-state index in [9.17, 15) is 9.59 Å². The lowest BCUT2D eigenvalue weighted by Gasteiger charge is -2.50. The normalized spacial score (nSPS) is 30.7. The smallest absolute Gasteiger partial charge is 0.338 e. The molecule has 2 heterocycles. The molecule has 2 saturated heterocycles. The van der Waals surface area contributed by atoms with Crippen LogP contribution in [-0.4, -0.2) is 70.1 Å². The predicted octanol–water partition coefficient (Wildman–Crippen LogP) is 2.43. The summed E-state index contributed by atoms with van der Waals surface area (Å²) in [7, 11) is 2.70. The third-order valence-corrected chi connectivity index (χ3v) is 5.88. The van der Waals surface area contributed by atoms with Crippen molar-refractivity contribution in [3.8, 4) is 0 Å². The maximum absolute atomic E-state index is 13.0. The molecular formula is C25H28O9. The van der Waals surface area contributed by atoms with Crippen LogP contribution in [0.4, 0.5) is 0 Å². The molecule has 0 aromatic heterocycles. The Bertz CT molecular complexity index is 967. The average Bonchev–Trinajstić information content (AvgIpc) is 2.88. The highest BCUT2D eigenvalue weighted by molar-refractivity contribution is 5.89. The van der Waals surface area contributed by atoms with Crippen LogP contribution in [0.1, 0.15) is 22.8 Å². The molecule has 2 fully saturated rings. The summed E-state index contributed by atoms with van der Waals surface area (Å²) in [6, 6.07) is 18.0. The minimum absolute atomic E-state index is 0.166. The second-order valence-corrected chi connectivity index (χ2v) is 8.07. The fraction of sp³-hybridized carbons (Fsp3) is 0.440. The summed E-state index contributed by atoms with van der Waals surface area (Å²) in [5, 5.41) is 0. The zero-order valence-electron chi connectivity index (χ0n) is 19.2. The Morgan fingerprint density at radius 3 is 2.32 bits per heavy atom. The summed E-state index contributed by atoms with van der Waals surface area (Å²) >= 11 is 0. The Morgan fingerprint density at radius 1 is 1.00 bits per heavy atom. The third kappa shape index (κ3) is 5.13. The molecule has 0 saturated carbocycles. The topological polar surface area (TPSA) is 98.8 Å². The second kappa shape index (κ2) is 10.6. The highest BCUT2D eigenvalue weighted by atomic mass is 16.8. The van der Waals surface area contributed by atoms with Gasteiger partial charge >= 0.3 is 11.9 Å². The highest BCUT2D eigenvalue weighted by Crippen LogP contribution is 2.40. The number of carbonyl (C=O) groups excluding carboxylic acids is 2. The van der Waals surface area contributed by atoms with Crippen molar-refractivity contribution < 1.29 is 42.7 Å². The maximum atomic E-state index is 13.0. The molecule has 2 aromatic rings. The summed E-state index contributed by atoms with van der Waals surface area (Å²) in [5.74, 6) is -2.27. The van der Waals surface area contributed by atoms with Crippen LogP contribution in [0.15, 0.2) is 60.7 Å². The van der Waals surface area contributed by atoms with Crippen LogP contribution in [0, 0.1) is 0 Å². The first-order valence-corrected chi connectivity index (χ1v) is 10.9. The zero-order valence-corrected chi connectivity index (χ0v) is 19.2. The molecular weight excluding hydrogens is 444 g/mol. The standard InChI is InChI=1S/C25H28O9/c1-25(17-12-8-5-9-13-17)31-14-18-20(34-25)21(33-23(27)16-10-6-4-7-11-16)22(24(29-3)32-18)30-15-19(26)28-2/h4-13,18,20-22,24H,14-15H2,1-3H3/t18-,20+,21+,22-,24-,25+/m1/s1. The van der Waals surface area contributed by atoms with Crippen molar-refractivity contribution in [3.05, 3.63) is 71.8 Å². The van der Waals surface area contributed by atoms with Crippen LogP contribution in [-0.2, 0) is 43.7 Å². The third-order valence-electron chi connectivity index (χ3n) is 5.88. The van der Waals surface area contributed by atoms with Gasteiger partial charge in [0.05, 0.1) is 19.3 Å². The predicted molar refractivity (Wildman–Crippen MR) is 118 cm³/mol. The van der Waals surface area contributed by atoms with Crippen molar-refractivity contribution >= 4 is 11.9 Å². The minimum atomic E-state index is -1.12. The first kappa shape index (κ1) is 24.3. The van der Waals surface area contributed by atoms with Gasteiger partial charge in [-0.1, -0.05) is 48.5 Å². The lowest BCUT2D eigenvalue weighted by molar-refractivity contribution is -0.391. The quantitative estimate of drug-likeness (QED) is 0.563. The van der Waals surface area contributed by atoms with Crippen molar-refractivity contribution in [3.63, 3.8) is 0 Å². The van der Waals surface area contributed by atoms with Crippen LogP contribution < -0.4 is 0 Å². The van der Waals surface area contributed by atoms with E-state index in [-0.39, 0.29) is 13.2 Å². The van der Waals surface area contributed by atoms with Gasteiger partial charge in [-0.2, -0.15) is 0 Å². The lowest BCUT2D eigenvalue weighted by Crippen LogP contribution is -2.66. The van der Waals surface area contributed by atoms with Crippen LogP contribution in [0.5, 0.6) is 0 Å². The van der Waals surface area contributed by atoms with E-state index in [0.29, 0.717) is 5.56 Å². The van der Waals surface area contributed by atoms with E-state index in [0.717, 1.165) is 5.56 Å². The molecule has 0 radical (unpaired) electrons. The number of carbonyl (C=O) groups is 2. The van der Waals surface area contributed by atoms with Gasteiger partial charge in [-0.05, 0) is 19.1 Å². The van der Waals surface area contributed by atoms with Gasteiger partial charge in [-0.25, -0.2) is 9.59 Å². The van der Waals surface area contributed by atoms with Crippen molar-refractivity contribution in [2.45, 2.75) is 43.4 Å². The Balaban J connectivity index is 1.65. The SMILES string of the molecule is COC(=O)CO[C@H]1[C@H](OC)O[C@@H]2CO[C@](C)(c3ccccc3)O[C@@H]2[C@@H]1OC(=O)c1ccccc1. The second-order valence-electron chi connectivity index (χ2n) is 8.07. The Hall–Kier alpha value is -2.82. The molecule has 9 heteroatoms. The van der Waals surface area contributed by atoms with Crippen molar-refractivity contribution in [2.75, 3.05) is 27.4 Å². The molecule has 2 aliphatic rings. The summed E-state index contributed by atoms with van der Waals surface area (Å²) in [6.07, 6.45) is -4.23. The Labute approximate surface area is 197 Å². The molecule has 0 spiro atoms. The van der Waals surface area contributed by atoms with E-state index in [4.69, 9.17) is 28.4 Å². The minimum Gasteiger partial charge on any atom is -0.467 e. The van der Waals surface area contributed by atoms with Gasteiger partial charge in [0.1, 0.15) is 24.9 Å². The van der Waals surface area contributed by atoms with Crippen LogP contribution >= 0.6 is 0 Å². The molecule has 2 aromatic carbocycles. The first-order chi connectivity index (χ1) is 16.4. The van der Waals surface area contributed by atoms with Gasteiger partial charge in [0.15, 0.2) is 18.2 Å². The molecule has 2 aliphatic heterocycles. The van der Waals surface area contributed by atoms with E-state index in [1.165, 1.54) is 14.2 Å².